The van der Waals surface area contributed by atoms with E-state index in [-0.39, 0.29) is 5.91 Å². The zero-order chi connectivity index (χ0) is 19.6. The Labute approximate surface area is 158 Å². The smallest absolute Gasteiger partial charge is 0.224 e. The van der Waals surface area contributed by atoms with Gasteiger partial charge >= 0.3 is 0 Å². The molecule has 0 fully saturated rings. The van der Waals surface area contributed by atoms with Gasteiger partial charge in [0.2, 0.25) is 11.7 Å². The Morgan fingerprint density at radius 2 is 1.67 bits per heavy atom. The van der Waals surface area contributed by atoms with E-state index in [4.69, 9.17) is 18.9 Å². The summed E-state index contributed by atoms with van der Waals surface area (Å²) in [4.78, 5) is 14.2. The summed E-state index contributed by atoms with van der Waals surface area (Å²) >= 11 is 0. The summed E-state index contributed by atoms with van der Waals surface area (Å²) in [5.74, 6) is 2.17. The van der Waals surface area contributed by atoms with Crippen LogP contribution in [0.2, 0.25) is 0 Å². The number of benzene rings is 2. The molecule has 1 heterocycles. The van der Waals surface area contributed by atoms with Crippen LogP contribution in [0.3, 0.4) is 0 Å². The predicted octanol–water partition coefficient (Wildman–Crippen LogP) is 3.76. The molecule has 6 heteroatoms. The first kappa shape index (κ1) is 18.6. The highest BCUT2D eigenvalue weighted by Crippen LogP contribution is 2.47. The standard InChI is InChI=1S/C21H23NO5/c1-13(23)22-12-15-10-16(24-2)8-6-14(15)7-9-17-18(22)11-19(25-3)21(27-5)20(17)26-4/h6-11H,12H2,1-5H3/b9-7-. The molecule has 0 unspecified atom stereocenters. The van der Waals surface area contributed by atoms with Crippen molar-refractivity contribution in [2.75, 3.05) is 33.3 Å². The molecule has 0 saturated carbocycles. The maximum Gasteiger partial charge on any atom is 0.224 e. The number of ether oxygens (including phenoxy) is 4. The van der Waals surface area contributed by atoms with Crippen LogP contribution in [-0.2, 0) is 11.3 Å². The topological polar surface area (TPSA) is 57.2 Å². The predicted molar refractivity (Wildman–Crippen MR) is 105 cm³/mol. The van der Waals surface area contributed by atoms with E-state index in [1.807, 2.05) is 30.4 Å². The molecule has 3 rings (SSSR count). The average molecular weight is 369 g/mol. The number of fused-ring (bicyclic) bond motifs is 2. The minimum Gasteiger partial charge on any atom is -0.497 e. The van der Waals surface area contributed by atoms with Crippen LogP contribution in [0.4, 0.5) is 5.69 Å². The summed E-state index contributed by atoms with van der Waals surface area (Å²) in [6.45, 7) is 1.94. The lowest BCUT2D eigenvalue weighted by Crippen LogP contribution is -2.29. The number of anilines is 1. The molecule has 142 valence electrons. The summed E-state index contributed by atoms with van der Waals surface area (Å²) in [7, 11) is 6.31. The highest BCUT2D eigenvalue weighted by Gasteiger charge is 2.26. The third-order valence-corrected chi connectivity index (χ3v) is 4.63. The molecule has 1 aliphatic heterocycles. The van der Waals surface area contributed by atoms with Gasteiger partial charge in [0.15, 0.2) is 11.5 Å². The molecule has 2 aromatic rings. The van der Waals surface area contributed by atoms with Gasteiger partial charge in [-0.25, -0.2) is 0 Å². The highest BCUT2D eigenvalue weighted by atomic mass is 16.5. The molecule has 0 radical (unpaired) electrons. The highest BCUT2D eigenvalue weighted by molar-refractivity contribution is 5.98. The Morgan fingerprint density at radius 1 is 0.926 bits per heavy atom. The molecule has 0 aromatic heterocycles. The van der Waals surface area contributed by atoms with Crippen molar-refractivity contribution in [2.24, 2.45) is 0 Å². The van der Waals surface area contributed by atoms with Crippen molar-refractivity contribution in [1.82, 2.24) is 0 Å². The number of nitrogens with zero attached hydrogens (tertiary/aromatic N) is 1. The number of hydrogen-bond donors (Lipinski definition) is 0. The molecule has 0 bridgehead atoms. The van der Waals surface area contributed by atoms with Crippen molar-refractivity contribution < 1.29 is 23.7 Å². The lowest BCUT2D eigenvalue weighted by atomic mass is 9.99. The zero-order valence-electron chi connectivity index (χ0n) is 16.2. The minimum atomic E-state index is -0.0883. The quantitative estimate of drug-likeness (QED) is 0.821. The Balaban J connectivity index is 2.29. The van der Waals surface area contributed by atoms with Gasteiger partial charge in [0.25, 0.3) is 0 Å². The van der Waals surface area contributed by atoms with Crippen LogP contribution >= 0.6 is 0 Å². The molecule has 1 amide bonds. The fourth-order valence-electron chi connectivity index (χ4n) is 3.27. The fraction of sp³-hybridized carbons (Fsp3) is 0.286. The normalized spacial score (nSPS) is 13.6. The molecule has 2 aromatic carbocycles. The van der Waals surface area contributed by atoms with Gasteiger partial charge in [0.1, 0.15) is 5.75 Å². The number of amides is 1. The molecular weight excluding hydrogens is 346 g/mol. The zero-order valence-corrected chi connectivity index (χ0v) is 16.2. The SMILES string of the molecule is COc1ccc2c(c1)CN(C(C)=O)c1cc(OC)c(OC)c(OC)c1/C=C\2. The third kappa shape index (κ3) is 3.30. The van der Waals surface area contributed by atoms with Gasteiger partial charge in [0.05, 0.1) is 40.7 Å². The van der Waals surface area contributed by atoms with Crippen LogP contribution in [0.15, 0.2) is 24.3 Å². The van der Waals surface area contributed by atoms with Gasteiger partial charge in [-0.15, -0.1) is 0 Å². The van der Waals surface area contributed by atoms with Crippen molar-refractivity contribution in [2.45, 2.75) is 13.5 Å². The lowest BCUT2D eigenvalue weighted by molar-refractivity contribution is -0.116. The van der Waals surface area contributed by atoms with E-state index in [1.54, 1.807) is 39.4 Å². The Morgan fingerprint density at radius 3 is 2.26 bits per heavy atom. The van der Waals surface area contributed by atoms with Gasteiger partial charge in [-0.2, -0.15) is 0 Å². The molecule has 0 aliphatic carbocycles. The summed E-state index contributed by atoms with van der Waals surface area (Å²) in [5.41, 5.74) is 3.44. The second-order valence-corrected chi connectivity index (χ2v) is 6.08. The monoisotopic (exact) mass is 369 g/mol. The van der Waals surface area contributed by atoms with Gasteiger partial charge in [0, 0.05) is 18.6 Å². The first-order valence-electron chi connectivity index (χ1n) is 8.50. The van der Waals surface area contributed by atoms with Crippen LogP contribution in [0, 0.1) is 0 Å². The maximum absolute atomic E-state index is 12.5. The summed E-state index contributed by atoms with van der Waals surface area (Å²) in [5, 5.41) is 0. The van der Waals surface area contributed by atoms with Crippen LogP contribution in [0.5, 0.6) is 23.0 Å². The summed E-state index contributed by atoms with van der Waals surface area (Å²) in [6.07, 6.45) is 3.93. The van der Waals surface area contributed by atoms with Gasteiger partial charge < -0.3 is 23.8 Å². The fourth-order valence-corrected chi connectivity index (χ4v) is 3.27. The molecule has 1 aliphatic rings. The van der Waals surface area contributed by atoms with Crippen molar-refractivity contribution in [1.29, 1.82) is 0 Å². The molecule has 0 spiro atoms. The molecule has 6 nitrogen and oxygen atoms in total. The van der Waals surface area contributed by atoms with Crippen molar-refractivity contribution in [3.63, 3.8) is 0 Å². The number of hydrogen-bond acceptors (Lipinski definition) is 5. The van der Waals surface area contributed by atoms with E-state index >= 15 is 0 Å². The first-order valence-corrected chi connectivity index (χ1v) is 8.50. The summed E-state index contributed by atoms with van der Waals surface area (Å²) in [6, 6.07) is 7.61. The van der Waals surface area contributed by atoms with Crippen LogP contribution < -0.4 is 23.8 Å². The van der Waals surface area contributed by atoms with E-state index in [1.165, 1.54) is 6.92 Å². The first-order chi connectivity index (χ1) is 13.0. The Kier molecular flexibility index (Phi) is 5.26. The Bertz CT molecular complexity index is 904. The van der Waals surface area contributed by atoms with E-state index in [0.717, 1.165) is 22.4 Å². The molecule has 0 saturated heterocycles. The van der Waals surface area contributed by atoms with Crippen molar-refractivity contribution in [3.8, 4) is 23.0 Å². The second kappa shape index (κ2) is 7.61. The molecule has 0 N–H and O–H groups in total. The lowest BCUT2D eigenvalue weighted by Gasteiger charge is -2.28. The van der Waals surface area contributed by atoms with Crippen LogP contribution in [-0.4, -0.2) is 34.3 Å². The third-order valence-electron chi connectivity index (χ3n) is 4.63. The average Bonchev–Trinajstić information content (AvgIpc) is 2.67. The van der Waals surface area contributed by atoms with Crippen LogP contribution in [0.1, 0.15) is 23.6 Å². The largest absolute Gasteiger partial charge is 0.497 e. The van der Waals surface area contributed by atoms with E-state index in [9.17, 15) is 4.79 Å². The van der Waals surface area contributed by atoms with Gasteiger partial charge in [-0.05, 0) is 29.3 Å². The number of methoxy groups -OCH3 is 4. The molecule has 27 heavy (non-hydrogen) atoms. The molecule has 0 atom stereocenters. The van der Waals surface area contributed by atoms with E-state index in [0.29, 0.717) is 29.5 Å². The van der Waals surface area contributed by atoms with E-state index in [2.05, 4.69) is 0 Å². The van der Waals surface area contributed by atoms with Gasteiger partial charge in [-0.3, -0.25) is 4.79 Å². The van der Waals surface area contributed by atoms with E-state index < -0.39 is 0 Å². The van der Waals surface area contributed by atoms with Crippen molar-refractivity contribution in [3.05, 3.63) is 41.0 Å². The molecular formula is C21H23NO5. The number of carbonyl (C=O) groups excluding carboxylic acids is 1. The van der Waals surface area contributed by atoms with Crippen molar-refractivity contribution >= 4 is 23.7 Å². The Hall–Kier alpha value is -3.15. The maximum atomic E-state index is 12.5. The minimum absolute atomic E-state index is 0.0883. The summed E-state index contributed by atoms with van der Waals surface area (Å²) < 4.78 is 21.9. The van der Waals surface area contributed by atoms with Gasteiger partial charge in [-0.1, -0.05) is 12.1 Å². The number of carbonyl (C=O) groups is 1. The van der Waals surface area contributed by atoms with Crippen LogP contribution in [0.25, 0.3) is 12.2 Å². The second-order valence-electron chi connectivity index (χ2n) is 6.08. The number of rotatable bonds is 4.